The van der Waals surface area contributed by atoms with Crippen molar-refractivity contribution in [3.8, 4) is 5.75 Å². The van der Waals surface area contributed by atoms with Gasteiger partial charge in [0.25, 0.3) is 0 Å². The highest BCUT2D eigenvalue weighted by atomic mass is 16.7. The maximum absolute atomic E-state index is 11.8. The molecule has 2 aromatic rings. The van der Waals surface area contributed by atoms with E-state index in [4.69, 9.17) is 9.47 Å². The van der Waals surface area contributed by atoms with Gasteiger partial charge in [-0.15, -0.1) is 0 Å². The summed E-state index contributed by atoms with van der Waals surface area (Å²) in [6.45, 7) is 8.44. The molecule has 0 fully saturated rings. The molecule has 3 nitrogen and oxygen atoms in total. The Labute approximate surface area is 112 Å². The van der Waals surface area contributed by atoms with Gasteiger partial charge in [0.15, 0.2) is 0 Å². The van der Waals surface area contributed by atoms with Crippen molar-refractivity contribution in [2.24, 2.45) is 0 Å². The van der Waals surface area contributed by atoms with Crippen LogP contribution in [0.3, 0.4) is 0 Å². The second-order valence-corrected chi connectivity index (χ2v) is 5.09. The monoisotopic (exact) mass is 256 g/mol. The molecule has 0 unspecified atom stereocenters. The molecule has 19 heavy (non-hydrogen) atoms. The van der Waals surface area contributed by atoms with Gasteiger partial charge in [0, 0.05) is 0 Å². The van der Waals surface area contributed by atoms with E-state index in [9.17, 15) is 4.79 Å². The van der Waals surface area contributed by atoms with Gasteiger partial charge in [-0.1, -0.05) is 0 Å². The first-order valence-corrected chi connectivity index (χ1v) is 6.34. The van der Waals surface area contributed by atoms with Crippen LogP contribution in [0.2, 0.25) is 0 Å². The lowest BCUT2D eigenvalue weighted by atomic mass is 9.90. The van der Waals surface area contributed by atoms with E-state index in [2.05, 4.69) is 27.7 Å². The standard InChI is InChI=1S/C16H16O3/c1-8-9(2)11(4)13-6-15-14(5-12(13)10(8)3)16(17)19-7-18-15/h5-6H,7H2,1-4H3. The number of hydrogen-bond donors (Lipinski definition) is 0. The first kappa shape index (κ1) is 12.0. The van der Waals surface area contributed by atoms with Crippen LogP contribution < -0.4 is 4.74 Å². The van der Waals surface area contributed by atoms with Crippen molar-refractivity contribution in [2.45, 2.75) is 27.7 Å². The third kappa shape index (κ3) is 1.61. The lowest BCUT2D eigenvalue weighted by Crippen LogP contribution is -2.18. The molecule has 0 bridgehead atoms. The fourth-order valence-corrected chi connectivity index (χ4v) is 2.67. The molecule has 0 saturated heterocycles. The molecule has 0 radical (unpaired) electrons. The van der Waals surface area contributed by atoms with Crippen molar-refractivity contribution in [1.82, 2.24) is 0 Å². The Balaban J connectivity index is 2.44. The summed E-state index contributed by atoms with van der Waals surface area (Å²) in [4.78, 5) is 11.8. The van der Waals surface area contributed by atoms with Gasteiger partial charge in [0.1, 0.15) is 11.3 Å². The van der Waals surface area contributed by atoms with Crippen LogP contribution >= 0.6 is 0 Å². The van der Waals surface area contributed by atoms with Crippen LogP contribution in [0.5, 0.6) is 5.75 Å². The van der Waals surface area contributed by atoms with Crippen LogP contribution in [-0.4, -0.2) is 12.8 Å². The molecule has 3 heteroatoms. The minimum Gasteiger partial charge on any atom is -0.456 e. The van der Waals surface area contributed by atoms with Crippen LogP contribution in [0.25, 0.3) is 10.8 Å². The van der Waals surface area contributed by atoms with Gasteiger partial charge in [0.2, 0.25) is 6.79 Å². The normalized spacial score (nSPS) is 14.0. The number of aryl methyl sites for hydroxylation is 2. The topological polar surface area (TPSA) is 35.5 Å². The van der Waals surface area contributed by atoms with Gasteiger partial charge >= 0.3 is 5.97 Å². The van der Waals surface area contributed by atoms with Crippen molar-refractivity contribution in [2.75, 3.05) is 6.79 Å². The number of ether oxygens (including phenoxy) is 2. The van der Waals surface area contributed by atoms with Crippen LogP contribution in [0.4, 0.5) is 0 Å². The second kappa shape index (κ2) is 3.98. The Bertz CT molecular complexity index is 714. The SMILES string of the molecule is Cc1c(C)c(C)c2cc3c(cc2c1C)OCOC3=O. The van der Waals surface area contributed by atoms with Crippen molar-refractivity contribution < 1.29 is 14.3 Å². The summed E-state index contributed by atoms with van der Waals surface area (Å²) in [7, 11) is 0. The number of hydrogen-bond acceptors (Lipinski definition) is 3. The van der Waals surface area contributed by atoms with Gasteiger partial charge in [-0.2, -0.15) is 0 Å². The van der Waals surface area contributed by atoms with E-state index in [1.165, 1.54) is 22.3 Å². The summed E-state index contributed by atoms with van der Waals surface area (Å²) < 4.78 is 10.3. The lowest BCUT2D eigenvalue weighted by molar-refractivity contribution is 0.00501. The Kier molecular flexibility index (Phi) is 2.52. The third-order valence-electron chi connectivity index (χ3n) is 4.24. The van der Waals surface area contributed by atoms with E-state index in [0.717, 1.165) is 10.8 Å². The quantitative estimate of drug-likeness (QED) is 0.676. The van der Waals surface area contributed by atoms with Crippen molar-refractivity contribution >= 4 is 16.7 Å². The first-order valence-electron chi connectivity index (χ1n) is 6.34. The molecule has 0 aliphatic carbocycles. The molecule has 0 aromatic heterocycles. The van der Waals surface area contributed by atoms with E-state index in [1.54, 1.807) is 0 Å². The molecular formula is C16H16O3. The molecule has 0 atom stereocenters. The number of esters is 1. The minimum absolute atomic E-state index is 0.000212. The predicted molar refractivity (Wildman–Crippen MR) is 73.8 cm³/mol. The molecular weight excluding hydrogens is 240 g/mol. The Morgan fingerprint density at radius 1 is 0.842 bits per heavy atom. The van der Waals surface area contributed by atoms with Gasteiger partial charge in [-0.3, -0.25) is 0 Å². The summed E-state index contributed by atoms with van der Waals surface area (Å²) in [6, 6.07) is 3.85. The van der Waals surface area contributed by atoms with Gasteiger partial charge < -0.3 is 9.47 Å². The van der Waals surface area contributed by atoms with Crippen molar-refractivity contribution in [1.29, 1.82) is 0 Å². The van der Waals surface area contributed by atoms with Gasteiger partial charge in [-0.05, 0) is 72.9 Å². The zero-order chi connectivity index (χ0) is 13.7. The third-order valence-corrected chi connectivity index (χ3v) is 4.24. The number of carbonyl (C=O) groups excluding carboxylic acids is 1. The Morgan fingerprint density at radius 2 is 1.42 bits per heavy atom. The van der Waals surface area contributed by atoms with E-state index < -0.39 is 0 Å². The molecule has 0 amide bonds. The number of rotatable bonds is 0. The van der Waals surface area contributed by atoms with Crippen molar-refractivity contribution in [3.63, 3.8) is 0 Å². The van der Waals surface area contributed by atoms with E-state index in [0.29, 0.717) is 11.3 Å². The molecule has 2 aromatic carbocycles. The number of cyclic esters (lactones) is 1. The molecule has 1 aliphatic rings. The van der Waals surface area contributed by atoms with Crippen LogP contribution in [0.1, 0.15) is 32.6 Å². The Hall–Kier alpha value is -2.03. The number of carbonyl (C=O) groups is 1. The van der Waals surface area contributed by atoms with E-state index in [1.807, 2.05) is 12.1 Å². The highest BCUT2D eigenvalue weighted by molar-refractivity contribution is 6.01. The molecule has 3 rings (SSSR count). The maximum Gasteiger partial charge on any atom is 0.344 e. The number of fused-ring (bicyclic) bond motifs is 2. The van der Waals surface area contributed by atoms with Gasteiger partial charge in [0.05, 0.1) is 0 Å². The fourth-order valence-electron chi connectivity index (χ4n) is 2.67. The molecule has 0 spiro atoms. The Morgan fingerprint density at radius 3 is 2.05 bits per heavy atom. The van der Waals surface area contributed by atoms with E-state index >= 15 is 0 Å². The fraction of sp³-hybridized carbons (Fsp3) is 0.312. The summed E-state index contributed by atoms with van der Waals surface area (Å²) in [6.07, 6.45) is 0. The summed E-state index contributed by atoms with van der Waals surface area (Å²) in [5.41, 5.74) is 5.53. The molecule has 0 N–H and O–H groups in total. The summed E-state index contributed by atoms with van der Waals surface area (Å²) in [5.74, 6) is 0.313. The zero-order valence-corrected chi connectivity index (χ0v) is 11.6. The maximum atomic E-state index is 11.8. The highest BCUT2D eigenvalue weighted by Gasteiger charge is 2.22. The smallest absolute Gasteiger partial charge is 0.344 e. The van der Waals surface area contributed by atoms with Crippen LogP contribution in [0, 0.1) is 27.7 Å². The summed E-state index contributed by atoms with van der Waals surface area (Å²) in [5, 5.41) is 2.25. The molecule has 98 valence electrons. The predicted octanol–water partition coefficient (Wildman–Crippen LogP) is 3.58. The molecule has 1 heterocycles. The zero-order valence-electron chi connectivity index (χ0n) is 11.6. The molecule has 1 aliphatic heterocycles. The largest absolute Gasteiger partial charge is 0.456 e. The van der Waals surface area contributed by atoms with Gasteiger partial charge in [-0.25, -0.2) is 4.79 Å². The van der Waals surface area contributed by atoms with Crippen LogP contribution in [0.15, 0.2) is 12.1 Å². The average molecular weight is 256 g/mol. The number of benzene rings is 2. The first-order chi connectivity index (χ1) is 9.00. The molecule has 0 saturated carbocycles. The average Bonchev–Trinajstić information content (AvgIpc) is 2.42. The van der Waals surface area contributed by atoms with E-state index in [-0.39, 0.29) is 12.8 Å². The van der Waals surface area contributed by atoms with Crippen molar-refractivity contribution in [3.05, 3.63) is 39.9 Å². The highest BCUT2D eigenvalue weighted by Crippen LogP contribution is 2.35. The van der Waals surface area contributed by atoms with Crippen LogP contribution in [-0.2, 0) is 4.74 Å². The minimum atomic E-state index is -0.307. The second-order valence-electron chi connectivity index (χ2n) is 5.09. The summed E-state index contributed by atoms with van der Waals surface area (Å²) >= 11 is 0. The lowest BCUT2D eigenvalue weighted by Gasteiger charge is -2.20.